The molecular weight excluding hydrogens is 124 g/mol. The molecule has 0 aromatic heterocycles. The summed E-state index contributed by atoms with van der Waals surface area (Å²) >= 11 is 0. The molecule has 0 aromatic rings. The fourth-order valence-corrected chi connectivity index (χ4v) is 0.284. The minimum atomic E-state index is -1.48. The van der Waals surface area contributed by atoms with Gasteiger partial charge in [0.2, 0.25) is 6.29 Å². The first-order chi connectivity index (χ1) is 4.20. The molecule has 0 rings (SSSR count). The van der Waals surface area contributed by atoms with E-state index in [4.69, 9.17) is 5.11 Å². The van der Waals surface area contributed by atoms with Gasteiger partial charge in [-0.05, 0) is 6.92 Å². The Kier molecular flexibility index (Phi) is 3.83. The molecule has 9 heavy (non-hydrogen) atoms. The molecular formula is C5H8O4. The fraction of sp³-hybridized carbons (Fsp3) is 0.600. The highest BCUT2D eigenvalue weighted by Gasteiger charge is 2.05. The summed E-state index contributed by atoms with van der Waals surface area (Å²) in [6.07, 6.45) is -1.51. The second kappa shape index (κ2) is 4.17. The van der Waals surface area contributed by atoms with E-state index in [1.807, 2.05) is 0 Å². The Hall–Kier alpha value is -0.740. The van der Waals surface area contributed by atoms with Gasteiger partial charge in [-0.25, -0.2) is 0 Å². The quantitative estimate of drug-likeness (QED) is 0.398. The smallest absolute Gasteiger partial charge is 0.212 e. The lowest BCUT2D eigenvalue weighted by molar-refractivity contribution is -0.155. The number of carbonyl (C=O) groups excluding carboxylic acids is 2. The molecule has 0 aliphatic heterocycles. The maximum atomic E-state index is 9.80. The Labute approximate surface area is 52.4 Å². The first kappa shape index (κ1) is 8.26. The Morgan fingerprint density at radius 2 is 2.00 bits per heavy atom. The number of carbonyl (C=O) groups is 2. The predicted molar refractivity (Wildman–Crippen MR) is 28.7 cm³/mol. The molecule has 0 saturated heterocycles. The first-order valence-electron chi connectivity index (χ1n) is 2.45. The molecule has 0 radical (unpaired) electrons. The topological polar surface area (TPSA) is 63.6 Å². The summed E-state index contributed by atoms with van der Waals surface area (Å²) in [7, 11) is 0. The highest BCUT2D eigenvalue weighted by molar-refractivity contribution is 5.57. The summed E-state index contributed by atoms with van der Waals surface area (Å²) < 4.78 is 4.37. The minimum Gasteiger partial charge on any atom is -0.362 e. The second-order valence-electron chi connectivity index (χ2n) is 1.50. The molecule has 0 aliphatic carbocycles. The van der Waals surface area contributed by atoms with Gasteiger partial charge >= 0.3 is 0 Å². The highest BCUT2D eigenvalue weighted by Crippen LogP contribution is 1.88. The normalized spacial score (nSPS) is 16.2. The molecule has 0 bridgehead atoms. The summed E-state index contributed by atoms with van der Waals surface area (Å²) in [6, 6.07) is 0. The third kappa shape index (κ3) is 3.81. The van der Waals surface area contributed by atoms with E-state index in [1.165, 1.54) is 6.92 Å². The first-order valence-corrected chi connectivity index (χ1v) is 2.45. The van der Waals surface area contributed by atoms with Crippen LogP contribution in [0.25, 0.3) is 0 Å². The van der Waals surface area contributed by atoms with Crippen LogP contribution in [0.5, 0.6) is 0 Å². The molecule has 0 spiro atoms. The summed E-state index contributed by atoms with van der Waals surface area (Å²) in [4.78, 5) is 19.5. The van der Waals surface area contributed by atoms with Crippen molar-refractivity contribution in [2.24, 2.45) is 0 Å². The SMILES string of the molecule is CC(C=O)OC(O)C=O. The average Bonchev–Trinajstić information content (AvgIpc) is 1.87. The van der Waals surface area contributed by atoms with Gasteiger partial charge in [0.05, 0.1) is 0 Å². The molecule has 4 heteroatoms. The third-order valence-corrected chi connectivity index (χ3v) is 0.662. The van der Waals surface area contributed by atoms with Crippen LogP contribution < -0.4 is 0 Å². The Balaban J connectivity index is 3.45. The van der Waals surface area contributed by atoms with Gasteiger partial charge in [0, 0.05) is 0 Å². The van der Waals surface area contributed by atoms with Crippen LogP contribution in [-0.2, 0) is 14.3 Å². The third-order valence-electron chi connectivity index (χ3n) is 0.662. The van der Waals surface area contributed by atoms with Crippen LogP contribution in [0.3, 0.4) is 0 Å². The average molecular weight is 132 g/mol. The fourth-order valence-electron chi connectivity index (χ4n) is 0.284. The molecule has 0 aliphatic rings. The number of rotatable bonds is 4. The van der Waals surface area contributed by atoms with Crippen molar-refractivity contribution in [3.63, 3.8) is 0 Å². The predicted octanol–water partition coefficient (Wildman–Crippen LogP) is -0.892. The van der Waals surface area contributed by atoms with Gasteiger partial charge in [0.15, 0.2) is 6.29 Å². The van der Waals surface area contributed by atoms with Crippen LogP contribution in [-0.4, -0.2) is 30.1 Å². The van der Waals surface area contributed by atoms with Crippen molar-refractivity contribution < 1.29 is 19.4 Å². The summed E-state index contributed by atoms with van der Waals surface area (Å²) in [6.45, 7) is 1.43. The van der Waals surface area contributed by atoms with Gasteiger partial charge in [-0.2, -0.15) is 0 Å². The van der Waals surface area contributed by atoms with Crippen LogP contribution in [0.15, 0.2) is 0 Å². The van der Waals surface area contributed by atoms with Gasteiger partial charge < -0.3 is 14.6 Å². The van der Waals surface area contributed by atoms with E-state index >= 15 is 0 Å². The summed E-state index contributed by atoms with van der Waals surface area (Å²) in [5.41, 5.74) is 0. The van der Waals surface area contributed by atoms with Crippen LogP contribution in [0.2, 0.25) is 0 Å². The van der Waals surface area contributed by atoms with E-state index in [0.717, 1.165) is 0 Å². The van der Waals surface area contributed by atoms with Crippen molar-refractivity contribution in [3.8, 4) is 0 Å². The highest BCUT2D eigenvalue weighted by atomic mass is 16.6. The van der Waals surface area contributed by atoms with E-state index in [2.05, 4.69) is 4.74 Å². The molecule has 4 nitrogen and oxygen atoms in total. The van der Waals surface area contributed by atoms with Crippen molar-refractivity contribution in [3.05, 3.63) is 0 Å². The zero-order valence-electron chi connectivity index (χ0n) is 4.98. The molecule has 0 heterocycles. The maximum absolute atomic E-state index is 9.80. The Morgan fingerprint density at radius 3 is 2.33 bits per heavy atom. The number of aliphatic hydroxyl groups excluding tert-OH is 1. The Bertz CT molecular complexity index is 89.1. The molecule has 0 amide bonds. The lowest BCUT2D eigenvalue weighted by Gasteiger charge is -2.06. The van der Waals surface area contributed by atoms with Crippen LogP contribution >= 0.6 is 0 Å². The van der Waals surface area contributed by atoms with E-state index in [-0.39, 0.29) is 6.29 Å². The number of hydrogen-bond donors (Lipinski definition) is 1. The molecule has 1 N–H and O–H groups in total. The molecule has 0 aromatic carbocycles. The number of hydrogen-bond acceptors (Lipinski definition) is 4. The minimum absolute atomic E-state index is 0.208. The van der Waals surface area contributed by atoms with Crippen LogP contribution in [0, 0.1) is 0 Å². The van der Waals surface area contributed by atoms with Crippen LogP contribution in [0.4, 0.5) is 0 Å². The molecule has 2 atom stereocenters. The lowest BCUT2D eigenvalue weighted by atomic mass is 10.4. The van der Waals surface area contributed by atoms with E-state index in [9.17, 15) is 9.59 Å². The van der Waals surface area contributed by atoms with Gasteiger partial charge in [-0.15, -0.1) is 0 Å². The number of ether oxygens (including phenoxy) is 1. The number of aliphatic hydroxyl groups is 1. The Morgan fingerprint density at radius 1 is 1.44 bits per heavy atom. The largest absolute Gasteiger partial charge is 0.362 e. The van der Waals surface area contributed by atoms with E-state index in [1.54, 1.807) is 0 Å². The second-order valence-corrected chi connectivity index (χ2v) is 1.50. The number of aldehydes is 2. The van der Waals surface area contributed by atoms with Gasteiger partial charge in [-0.1, -0.05) is 0 Å². The van der Waals surface area contributed by atoms with Crippen LogP contribution in [0.1, 0.15) is 6.92 Å². The molecule has 52 valence electrons. The zero-order valence-corrected chi connectivity index (χ0v) is 4.98. The monoisotopic (exact) mass is 132 g/mol. The molecule has 0 saturated carbocycles. The summed E-state index contributed by atoms with van der Waals surface area (Å²) in [5, 5.41) is 8.41. The zero-order chi connectivity index (χ0) is 7.28. The van der Waals surface area contributed by atoms with Gasteiger partial charge in [0.1, 0.15) is 12.4 Å². The molecule has 0 fully saturated rings. The lowest BCUT2D eigenvalue weighted by Crippen LogP contribution is -2.21. The van der Waals surface area contributed by atoms with Crippen molar-refractivity contribution in [1.82, 2.24) is 0 Å². The van der Waals surface area contributed by atoms with Crippen molar-refractivity contribution in [1.29, 1.82) is 0 Å². The maximum Gasteiger partial charge on any atom is 0.212 e. The van der Waals surface area contributed by atoms with E-state index in [0.29, 0.717) is 6.29 Å². The molecule has 2 unspecified atom stereocenters. The van der Waals surface area contributed by atoms with Gasteiger partial charge in [-0.3, -0.25) is 4.79 Å². The van der Waals surface area contributed by atoms with Crippen molar-refractivity contribution in [2.45, 2.75) is 19.3 Å². The van der Waals surface area contributed by atoms with Crippen molar-refractivity contribution >= 4 is 12.6 Å². The van der Waals surface area contributed by atoms with E-state index < -0.39 is 12.4 Å². The van der Waals surface area contributed by atoms with Gasteiger partial charge in [0.25, 0.3) is 0 Å². The standard InChI is InChI=1S/C5H8O4/c1-4(2-6)9-5(8)3-7/h2-5,8H,1H3. The van der Waals surface area contributed by atoms with Crippen molar-refractivity contribution in [2.75, 3.05) is 0 Å². The summed E-state index contributed by atoms with van der Waals surface area (Å²) in [5.74, 6) is 0.